The molecule has 0 spiro atoms. The topological polar surface area (TPSA) is 88.9 Å². The Morgan fingerprint density at radius 1 is 1.38 bits per heavy atom. The van der Waals surface area contributed by atoms with Crippen LogP contribution < -0.4 is 0 Å². The summed E-state index contributed by atoms with van der Waals surface area (Å²) < 4.78 is 0. The number of H-pyrrole nitrogens is 1. The minimum absolute atomic E-state index is 0.00650. The van der Waals surface area contributed by atoms with Crippen LogP contribution in [0.25, 0.3) is 11.0 Å². The number of carbonyl (C=O) groups is 1. The molecule has 6 nitrogen and oxygen atoms in total. The minimum Gasteiger partial charge on any atom is -0.333 e. The van der Waals surface area contributed by atoms with Crippen LogP contribution in [0.4, 0.5) is 5.69 Å². The number of nitro groups is 1. The van der Waals surface area contributed by atoms with Gasteiger partial charge in [-0.1, -0.05) is 32.5 Å². The van der Waals surface area contributed by atoms with Gasteiger partial charge < -0.3 is 4.98 Å². The highest BCUT2D eigenvalue weighted by atomic mass is 32.2. The van der Waals surface area contributed by atoms with Gasteiger partial charge in [-0.2, -0.15) is 0 Å². The zero-order valence-electron chi connectivity index (χ0n) is 13.8. The Balaban J connectivity index is 1.68. The summed E-state index contributed by atoms with van der Waals surface area (Å²) in [6.07, 6.45) is 2.03. The van der Waals surface area contributed by atoms with Gasteiger partial charge in [0.2, 0.25) is 0 Å². The Hall–Kier alpha value is -1.89. The highest BCUT2D eigenvalue weighted by Gasteiger charge is 2.66. The standard InChI is InChI=1S/C17H19N3O3S/c1-16(2)10-6-7-17(16,3)14(13(10)21)24-15-18-11-5-4-9(20(22)23)8-12(11)19-15/h4-5,8,10,14H,6-7H2,1-3H3,(H,18,19)/t10-,14+,17-/m0/s1. The lowest BCUT2D eigenvalue weighted by Crippen LogP contribution is -2.35. The smallest absolute Gasteiger partial charge is 0.271 e. The van der Waals surface area contributed by atoms with Crippen molar-refractivity contribution in [3.8, 4) is 0 Å². The van der Waals surface area contributed by atoms with Crippen molar-refractivity contribution in [3.05, 3.63) is 28.3 Å². The number of ketones is 1. The van der Waals surface area contributed by atoms with E-state index in [0.717, 1.165) is 12.8 Å². The molecule has 1 N–H and O–H groups in total. The molecule has 2 aliphatic carbocycles. The molecule has 0 aliphatic heterocycles. The normalized spacial score (nSPS) is 31.0. The molecule has 1 aromatic heterocycles. The molecule has 0 unspecified atom stereocenters. The SMILES string of the molecule is CC1(C)[C@H]2CC[C@@]1(C)[C@H](Sc1nc3ccc([N+](=O)[O-])cc3[nH]1)C2=O. The first-order valence-corrected chi connectivity index (χ1v) is 8.96. The number of rotatable bonds is 3. The van der Waals surface area contributed by atoms with Crippen LogP contribution in [-0.2, 0) is 4.79 Å². The molecule has 2 fully saturated rings. The van der Waals surface area contributed by atoms with E-state index in [1.54, 1.807) is 6.07 Å². The van der Waals surface area contributed by atoms with Crippen molar-refractivity contribution < 1.29 is 9.72 Å². The van der Waals surface area contributed by atoms with Gasteiger partial charge in [-0.25, -0.2) is 4.98 Å². The lowest BCUT2D eigenvalue weighted by molar-refractivity contribution is -0.384. The molecule has 2 bridgehead atoms. The number of imidazole rings is 1. The molecular formula is C17H19N3O3S. The fraction of sp³-hybridized carbons (Fsp3) is 0.529. The maximum atomic E-state index is 12.8. The zero-order chi connectivity index (χ0) is 17.3. The maximum Gasteiger partial charge on any atom is 0.271 e. The molecule has 0 amide bonds. The number of aromatic nitrogens is 2. The van der Waals surface area contributed by atoms with Crippen LogP contribution in [-0.4, -0.2) is 25.9 Å². The summed E-state index contributed by atoms with van der Waals surface area (Å²) in [7, 11) is 0. The number of carbonyl (C=O) groups excluding carboxylic acids is 1. The number of hydrogen-bond donors (Lipinski definition) is 1. The number of thioether (sulfide) groups is 1. The van der Waals surface area contributed by atoms with Gasteiger partial charge in [0.25, 0.3) is 5.69 Å². The second-order valence-electron chi connectivity index (χ2n) is 7.63. The van der Waals surface area contributed by atoms with Gasteiger partial charge in [-0.15, -0.1) is 0 Å². The van der Waals surface area contributed by atoms with Crippen molar-refractivity contribution >= 4 is 34.3 Å². The molecule has 2 saturated carbocycles. The average molecular weight is 345 g/mol. The van der Waals surface area contributed by atoms with Gasteiger partial charge in [0.15, 0.2) is 5.16 Å². The maximum absolute atomic E-state index is 12.8. The summed E-state index contributed by atoms with van der Waals surface area (Å²) in [5, 5.41) is 11.4. The van der Waals surface area contributed by atoms with Crippen molar-refractivity contribution in [1.29, 1.82) is 0 Å². The first-order chi connectivity index (χ1) is 11.2. The molecule has 24 heavy (non-hydrogen) atoms. The Labute approximate surface area is 143 Å². The van der Waals surface area contributed by atoms with Gasteiger partial charge in [-0.3, -0.25) is 14.9 Å². The van der Waals surface area contributed by atoms with E-state index in [0.29, 0.717) is 22.0 Å². The van der Waals surface area contributed by atoms with Crippen LogP contribution in [0, 0.1) is 26.9 Å². The van der Waals surface area contributed by atoms with Crippen LogP contribution in [0.15, 0.2) is 23.4 Å². The molecule has 2 aliphatic rings. The molecule has 1 heterocycles. The van der Waals surface area contributed by atoms with Gasteiger partial charge in [0, 0.05) is 18.1 Å². The number of nitrogens with one attached hydrogen (secondary N) is 1. The molecule has 4 rings (SSSR count). The lowest BCUT2D eigenvalue weighted by Gasteiger charge is -2.37. The van der Waals surface area contributed by atoms with Gasteiger partial charge >= 0.3 is 0 Å². The van der Waals surface area contributed by atoms with Crippen LogP contribution in [0.2, 0.25) is 0 Å². The Morgan fingerprint density at radius 2 is 2.12 bits per heavy atom. The number of non-ortho nitro benzene ring substituents is 1. The summed E-state index contributed by atoms with van der Waals surface area (Å²) in [5.41, 5.74) is 1.32. The van der Waals surface area contributed by atoms with E-state index in [4.69, 9.17) is 0 Å². The summed E-state index contributed by atoms with van der Waals surface area (Å²) in [4.78, 5) is 30.9. The second-order valence-corrected chi connectivity index (χ2v) is 8.72. The third-order valence-electron chi connectivity index (χ3n) is 6.36. The minimum atomic E-state index is -0.421. The predicted molar refractivity (Wildman–Crippen MR) is 92.0 cm³/mol. The van der Waals surface area contributed by atoms with E-state index in [9.17, 15) is 14.9 Å². The van der Waals surface area contributed by atoms with E-state index in [2.05, 4.69) is 30.7 Å². The molecule has 3 atom stereocenters. The molecular weight excluding hydrogens is 326 g/mol. The number of aromatic amines is 1. The molecule has 7 heteroatoms. The van der Waals surface area contributed by atoms with Crippen molar-refractivity contribution in [2.45, 2.75) is 44.0 Å². The first-order valence-electron chi connectivity index (χ1n) is 8.08. The van der Waals surface area contributed by atoms with E-state index >= 15 is 0 Å². The third-order valence-corrected chi connectivity index (χ3v) is 7.76. The van der Waals surface area contributed by atoms with Crippen LogP contribution in [0.3, 0.4) is 0 Å². The van der Waals surface area contributed by atoms with E-state index in [-0.39, 0.29) is 27.7 Å². The molecule has 0 radical (unpaired) electrons. The fourth-order valence-electron chi connectivity index (χ4n) is 4.43. The number of nitro benzene ring substituents is 1. The van der Waals surface area contributed by atoms with Crippen molar-refractivity contribution in [3.63, 3.8) is 0 Å². The molecule has 126 valence electrons. The van der Waals surface area contributed by atoms with Gasteiger partial charge in [0.1, 0.15) is 5.78 Å². The number of benzene rings is 1. The number of Topliss-reactive ketones (excluding diaryl/α,β-unsaturated/α-hetero) is 1. The lowest BCUT2D eigenvalue weighted by atomic mass is 9.71. The summed E-state index contributed by atoms with van der Waals surface area (Å²) >= 11 is 1.48. The van der Waals surface area contributed by atoms with Crippen molar-refractivity contribution in [1.82, 2.24) is 9.97 Å². The fourth-order valence-corrected chi connectivity index (χ4v) is 5.94. The second kappa shape index (κ2) is 4.81. The van der Waals surface area contributed by atoms with Gasteiger partial charge in [0.05, 0.1) is 21.2 Å². The largest absolute Gasteiger partial charge is 0.333 e. The summed E-state index contributed by atoms with van der Waals surface area (Å²) in [6.45, 7) is 6.61. The molecule has 2 aromatic rings. The summed E-state index contributed by atoms with van der Waals surface area (Å²) in [5.74, 6) is 0.454. The van der Waals surface area contributed by atoms with E-state index in [1.165, 1.54) is 23.9 Å². The van der Waals surface area contributed by atoms with E-state index < -0.39 is 4.92 Å². The monoisotopic (exact) mass is 345 g/mol. The quantitative estimate of drug-likeness (QED) is 0.672. The van der Waals surface area contributed by atoms with Crippen LogP contribution in [0.1, 0.15) is 33.6 Å². The first kappa shape index (κ1) is 15.6. The predicted octanol–water partition coefficient (Wildman–Crippen LogP) is 3.96. The van der Waals surface area contributed by atoms with Crippen molar-refractivity contribution in [2.75, 3.05) is 0 Å². The average Bonchev–Trinajstić information content (AvgIpc) is 3.05. The highest BCUT2D eigenvalue weighted by molar-refractivity contribution is 8.00. The van der Waals surface area contributed by atoms with Crippen LogP contribution >= 0.6 is 11.8 Å². The van der Waals surface area contributed by atoms with Gasteiger partial charge in [-0.05, 0) is 29.7 Å². The summed E-state index contributed by atoms with van der Waals surface area (Å²) in [6, 6.07) is 4.58. The van der Waals surface area contributed by atoms with E-state index in [1.807, 2.05) is 0 Å². The Morgan fingerprint density at radius 3 is 2.75 bits per heavy atom. The molecule has 0 saturated heterocycles. The molecule has 1 aromatic carbocycles. The Kier molecular flexibility index (Phi) is 3.13. The van der Waals surface area contributed by atoms with Crippen molar-refractivity contribution in [2.24, 2.45) is 16.7 Å². The third kappa shape index (κ3) is 1.90. The van der Waals surface area contributed by atoms with Crippen LogP contribution in [0.5, 0.6) is 0 Å². The number of fused-ring (bicyclic) bond motifs is 3. The Bertz CT molecular complexity index is 875. The number of hydrogen-bond acceptors (Lipinski definition) is 5. The zero-order valence-corrected chi connectivity index (χ0v) is 14.6. The number of nitrogens with zero attached hydrogens (tertiary/aromatic N) is 2. The highest BCUT2D eigenvalue weighted by Crippen LogP contribution is 2.67.